The Morgan fingerprint density at radius 2 is 1.00 bits per heavy atom. The highest BCUT2D eigenvalue weighted by Gasteiger charge is 2.37. The van der Waals surface area contributed by atoms with Crippen LogP contribution in [-0.2, 0) is 49.6 Å². The van der Waals surface area contributed by atoms with E-state index >= 15 is 0 Å². The van der Waals surface area contributed by atoms with E-state index in [9.17, 15) is 48.3 Å². The molecule has 0 fully saturated rings. The number of carbonyl (C=O) groups is 9. The van der Waals surface area contributed by atoms with Gasteiger partial charge in [-0.3, -0.25) is 43.3 Å². The van der Waals surface area contributed by atoms with Crippen LogP contribution in [-0.4, -0.2) is 130 Å². The topological polar surface area (TPSA) is 376 Å². The third-order valence-electron chi connectivity index (χ3n) is 12.3. The molecule has 0 radical (unpaired) electrons. The summed E-state index contributed by atoms with van der Waals surface area (Å²) in [5.41, 5.74) is 18.2. The van der Waals surface area contributed by atoms with Gasteiger partial charge in [0.25, 0.3) is 0 Å². The highest BCUT2D eigenvalue weighted by molar-refractivity contribution is 5.98. The lowest BCUT2D eigenvalue weighted by molar-refractivity contribution is -0.144. The number of guanidine groups is 1. The number of aromatic amines is 1. The molecule has 0 bridgehead atoms. The number of aromatic nitrogens is 1. The minimum absolute atomic E-state index is 0.0404. The van der Waals surface area contributed by atoms with Crippen LogP contribution >= 0.6 is 0 Å². The second kappa shape index (κ2) is 28.9. The summed E-state index contributed by atoms with van der Waals surface area (Å²) in [6, 6.07) is -3.17. The lowest BCUT2D eigenvalue weighted by atomic mass is 9.96. The van der Waals surface area contributed by atoms with Crippen LogP contribution in [0.1, 0.15) is 108 Å². The number of aliphatic carboxylic acids is 1. The predicted octanol–water partition coefficient (Wildman–Crippen LogP) is -0.236. The number of carbonyl (C=O) groups excluding carboxylic acids is 8. The highest BCUT2D eigenvalue weighted by atomic mass is 16.4. The fourth-order valence-corrected chi connectivity index (χ4v) is 7.51. The molecule has 0 unspecified atom stereocenters. The van der Waals surface area contributed by atoms with E-state index in [0.717, 1.165) is 10.9 Å². The number of H-pyrrole nitrogens is 1. The number of nitrogens with one attached hydrogen (secondary N) is 9. The van der Waals surface area contributed by atoms with Crippen molar-refractivity contribution in [2.45, 2.75) is 163 Å². The van der Waals surface area contributed by atoms with Crippen molar-refractivity contribution >= 4 is 70.1 Å². The Kier molecular flexibility index (Phi) is 24.6. The molecule has 0 spiro atoms. The van der Waals surface area contributed by atoms with E-state index in [4.69, 9.17) is 17.2 Å². The zero-order valence-electron chi connectivity index (χ0n) is 43.8. The van der Waals surface area contributed by atoms with Crippen LogP contribution in [0.4, 0.5) is 0 Å². The molecule has 0 saturated heterocycles. The van der Waals surface area contributed by atoms with Gasteiger partial charge in [0, 0.05) is 30.1 Å². The SMILES string of the molecule is CC[C@H](C)[C@H](NC(=O)[C@@H](N)CCCN=C(N)N)C(=O)N[C@H](C(=O)N[C@@H](C)C(=O)N[C@@H](C)C(=O)N[C@H](C(=O)N[C@@H](Cc1c[nH]c2ccccc12)C(=O)N[C@H](C(=O)N[C@H](C(=O)O)C(C)C)C(C)C)C(C)C)C(C)C. The summed E-state index contributed by atoms with van der Waals surface area (Å²) in [5.74, 6) is -9.25. The van der Waals surface area contributed by atoms with Gasteiger partial charge in [-0.1, -0.05) is 93.9 Å². The van der Waals surface area contributed by atoms with Crippen molar-refractivity contribution in [3.63, 3.8) is 0 Å². The van der Waals surface area contributed by atoms with Gasteiger partial charge >= 0.3 is 5.97 Å². The monoisotopic (exact) mass is 1010 g/mol. The van der Waals surface area contributed by atoms with E-state index in [-0.39, 0.29) is 31.3 Å². The fourth-order valence-electron chi connectivity index (χ4n) is 7.51. The van der Waals surface area contributed by atoms with Gasteiger partial charge in [0.05, 0.1) is 6.04 Å². The Hall–Kier alpha value is -6.78. The maximum absolute atomic E-state index is 14.2. The smallest absolute Gasteiger partial charge is 0.326 e. The predicted molar refractivity (Wildman–Crippen MR) is 273 cm³/mol. The van der Waals surface area contributed by atoms with E-state index in [0.29, 0.717) is 18.4 Å². The normalized spacial score (nSPS) is 15.6. The average Bonchev–Trinajstić information content (AvgIpc) is 3.71. The third kappa shape index (κ3) is 18.8. The first-order chi connectivity index (χ1) is 33.6. The number of carboxylic acid groups (broad SMARTS) is 1. The van der Waals surface area contributed by atoms with Crippen molar-refractivity contribution < 1.29 is 48.3 Å². The zero-order chi connectivity index (χ0) is 54.7. The number of nitrogens with two attached hydrogens (primary N) is 3. The molecule has 2 aromatic rings. The van der Waals surface area contributed by atoms with Crippen LogP contribution in [0.2, 0.25) is 0 Å². The van der Waals surface area contributed by atoms with E-state index in [1.54, 1.807) is 68.5 Å². The molecule has 0 saturated carbocycles. The van der Waals surface area contributed by atoms with Gasteiger partial charge < -0.3 is 69.8 Å². The van der Waals surface area contributed by atoms with E-state index < -0.39 is 131 Å². The standard InChI is InChI=1S/C49H81N13O10/c1-13-27(10)39(62-42(65)32(50)18-16-20-53-49(51)52)47(70)60-35(23(2)3)44(67)56-28(11)40(63)55-29(12)41(64)58-36(24(4)5)45(68)57-34(21-30-22-54-33-19-15-14-17-31(30)33)43(66)59-37(25(6)7)46(69)61-38(26(8)9)48(71)72/h14-15,17,19,22-29,32,34-39,54H,13,16,18,20-21,50H2,1-12H3,(H,55,63)(H,56,67)(H,57,68)(H,58,64)(H,59,66)(H,60,70)(H,61,69)(H,62,65)(H,71,72)(H4,51,52,53)/t27-,28-,29-,32-,34-,35-,36-,37-,38-,39-/m0/s1. The Bertz CT molecular complexity index is 2220. The molecular weight excluding hydrogens is 931 g/mol. The van der Waals surface area contributed by atoms with E-state index in [1.165, 1.54) is 13.8 Å². The molecule has 402 valence electrons. The van der Waals surface area contributed by atoms with Gasteiger partial charge in [-0.05, 0) is 67.9 Å². The minimum atomic E-state index is -1.29. The maximum atomic E-state index is 14.2. The first-order valence-corrected chi connectivity index (χ1v) is 24.6. The lowest BCUT2D eigenvalue weighted by Crippen LogP contribution is -2.61. The van der Waals surface area contributed by atoms with Crippen molar-refractivity contribution in [3.8, 4) is 0 Å². The molecule has 2 rings (SSSR count). The number of carboxylic acids is 1. The van der Waals surface area contributed by atoms with Crippen molar-refractivity contribution in [3.05, 3.63) is 36.0 Å². The van der Waals surface area contributed by atoms with Crippen LogP contribution in [0, 0.1) is 29.6 Å². The molecule has 8 amide bonds. The van der Waals surface area contributed by atoms with Gasteiger partial charge in [0.15, 0.2) is 5.96 Å². The molecule has 1 heterocycles. The van der Waals surface area contributed by atoms with Crippen LogP contribution in [0.25, 0.3) is 10.9 Å². The lowest BCUT2D eigenvalue weighted by Gasteiger charge is -2.29. The average molecular weight is 1010 g/mol. The highest BCUT2D eigenvalue weighted by Crippen LogP contribution is 2.20. The van der Waals surface area contributed by atoms with Gasteiger partial charge in [-0.15, -0.1) is 0 Å². The molecule has 72 heavy (non-hydrogen) atoms. The van der Waals surface area contributed by atoms with Crippen molar-refractivity contribution in [2.24, 2.45) is 51.8 Å². The van der Waals surface area contributed by atoms with E-state index in [1.807, 2.05) is 31.2 Å². The Balaban J connectivity index is 2.22. The van der Waals surface area contributed by atoms with Crippen LogP contribution in [0.5, 0.6) is 0 Å². The summed E-state index contributed by atoms with van der Waals surface area (Å²) in [6.45, 7) is 20.0. The Morgan fingerprint density at radius 1 is 0.569 bits per heavy atom. The Labute approximate surface area is 422 Å². The summed E-state index contributed by atoms with van der Waals surface area (Å²) < 4.78 is 0. The molecule has 0 aliphatic heterocycles. The molecule has 10 atom stereocenters. The number of para-hydroxylation sites is 1. The Morgan fingerprint density at radius 3 is 1.51 bits per heavy atom. The van der Waals surface area contributed by atoms with Crippen LogP contribution < -0.4 is 59.7 Å². The summed E-state index contributed by atoms with van der Waals surface area (Å²) in [7, 11) is 0. The number of nitrogens with zero attached hydrogens (tertiary/aromatic N) is 1. The van der Waals surface area contributed by atoms with Crippen LogP contribution in [0.15, 0.2) is 35.5 Å². The van der Waals surface area contributed by atoms with E-state index in [2.05, 4.69) is 52.5 Å². The zero-order valence-corrected chi connectivity index (χ0v) is 43.8. The first-order valence-electron chi connectivity index (χ1n) is 24.6. The van der Waals surface area contributed by atoms with Crippen molar-refractivity contribution in [1.29, 1.82) is 0 Å². The third-order valence-corrected chi connectivity index (χ3v) is 12.3. The molecule has 1 aromatic heterocycles. The molecule has 23 nitrogen and oxygen atoms in total. The first kappa shape index (κ1) is 61.3. The van der Waals surface area contributed by atoms with Gasteiger partial charge in [-0.2, -0.15) is 0 Å². The largest absolute Gasteiger partial charge is 0.480 e. The second-order valence-electron chi connectivity index (χ2n) is 19.8. The number of rotatable bonds is 29. The molecule has 16 N–H and O–H groups in total. The maximum Gasteiger partial charge on any atom is 0.326 e. The van der Waals surface area contributed by atoms with Crippen molar-refractivity contribution in [2.75, 3.05) is 6.54 Å². The number of amides is 8. The number of hydrogen-bond donors (Lipinski definition) is 13. The summed E-state index contributed by atoms with van der Waals surface area (Å²) >= 11 is 0. The van der Waals surface area contributed by atoms with Gasteiger partial charge in [0.1, 0.15) is 48.3 Å². The molecule has 23 heteroatoms. The summed E-state index contributed by atoms with van der Waals surface area (Å²) in [5, 5.41) is 31.7. The number of hydrogen-bond acceptors (Lipinski definition) is 11. The molecule has 0 aliphatic rings. The minimum Gasteiger partial charge on any atom is -0.480 e. The van der Waals surface area contributed by atoms with Gasteiger partial charge in [0.2, 0.25) is 47.3 Å². The van der Waals surface area contributed by atoms with Gasteiger partial charge in [-0.25, -0.2) is 4.79 Å². The molecule has 0 aliphatic carbocycles. The summed E-state index contributed by atoms with van der Waals surface area (Å²) in [4.78, 5) is 128. The fraction of sp³-hybridized carbons (Fsp3) is 0.633. The quantitative estimate of drug-likeness (QED) is 0.0285. The second-order valence-corrected chi connectivity index (χ2v) is 19.8. The van der Waals surface area contributed by atoms with Crippen molar-refractivity contribution in [1.82, 2.24) is 47.5 Å². The molecular formula is C49H81N13O10. The van der Waals surface area contributed by atoms with Crippen LogP contribution in [0.3, 0.4) is 0 Å². The number of fused-ring (bicyclic) bond motifs is 1. The number of aliphatic imine (C=N–C) groups is 1. The summed E-state index contributed by atoms with van der Waals surface area (Å²) in [6.07, 6.45) is 2.83. The number of benzene rings is 1. The molecule has 1 aromatic carbocycles.